The molecule has 29 heavy (non-hydrogen) atoms. The average Bonchev–Trinajstić information content (AvgIpc) is 2.75. The molecule has 156 valence electrons. The van der Waals surface area contributed by atoms with Crippen molar-refractivity contribution >= 4 is 35.2 Å². The van der Waals surface area contributed by atoms with E-state index in [2.05, 4.69) is 5.32 Å². The third-order valence-electron chi connectivity index (χ3n) is 4.58. The maximum atomic E-state index is 13.0. The first-order chi connectivity index (χ1) is 14.0. The topological polar surface area (TPSA) is 58.6 Å². The number of likely N-dealkylation sites (N-methyl/N-ethyl adjacent to an activating group) is 1. The molecule has 5 nitrogen and oxygen atoms in total. The van der Waals surface area contributed by atoms with Crippen molar-refractivity contribution in [3.05, 3.63) is 64.7 Å². The Kier molecular flexibility index (Phi) is 9.35. The van der Waals surface area contributed by atoms with Crippen LogP contribution in [0.3, 0.4) is 0 Å². The molecule has 0 radical (unpaired) electrons. The second kappa shape index (κ2) is 11.7. The molecule has 2 rings (SSSR count). The van der Waals surface area contributed by atoms with Gasteiger partial charge in [0, 0.05) is 24.4 Å². The molecule has 0 saturated heterocycles. The summed E-state index contributed by atoms with van der Waals surface area (Å²) in [5, 5.41) is 3.25. The van der Waals surface area contributed by atoms with Gasteiger partial charge in [0.15, 0.2) is 0 Å². The molecule has 2 aromatic rings. The summed E-state index contributed by atoms with van der Waals surface area (Å²) in [6, 6.07) is 14.6. The lowest BCUT2D eigenvalue weighted by atomic mass is 10.1. The minimum absolute atomic E-state index is 0.0844. The van der Waals surface area contributed by atoms with Crippen LogP contribution in [0.25, 0.3) is 0 Å². The lowest BCUT2D eigenvalue weighted by molar-refractivity contribution is -0.139. The van der Waals surface area contributed by atoms with Gasteiger partial charge in [-0.2, -0.15) is 0 Å². The first-order valence-corrected chi connectivity index (χ1v) is 11.0. The minimum Gasteiger partial charge on any atom is -0.497 e. The van der Waals surface area contributed by atoms with E-state index in [1.807, 2.05) is 49.4 Å². The fourth-order valence-electron chi connectivity index (χ4n) is 2.96. The molecule has 0 fully saturated rings. The molecule has 0 spiro atoms. The van der Waals surface area contributed by atoms with Crippen molar-refractivity contribution in [3.63, 3.8) is 0 Å². The van der Waals surface area contributed by atoms with Crippen LogP contribution in [0.15, 0.2) is 48.5 Å². The molecule has 0 aromatic heterocycles. The Morgan fingerprint density at radius 3 is 2.45 bits per heavy atom. The van der Waals surface area contributed by atoms with Gasteiger partial charge in [0.25, 0.3) is 0 Å². The van der Waals surface area contributed by atoms with E-state index in [1.165, 1.54) is 11.8 Å². The minimum atomic E-state index is -0.537. The molecule has 7 heteroatoms. The van der Waals surface area contributed by atoms with E-state index in [1.54, 1.807) is 25.1 Å². The SMILES string of the molecule is CC[C@H](C(=O)NC)N(Cc1ccccc1Cl)C(=O)CSCc1ccc(OC)cc1. The Bertz CT molecular complexity index is 814. The van der Waals surface area contributed by atoms with E-state index in [9.17, 15) is 9.59 Å². The second-order valence-electron chi connectivity index (χ2n) is 6.49. The van der Waals surface area contributed by atoms with Crippen LogP contribution in [-0.4, -0.2) is 42.7 Å². The number of ether oxygens (including phenoxy) is 1. The summed E-state index contributed by atoms with van der Waals surface area (Å²) < 4.78 is 5.17. The van der Waals surface area contributed by atoms with Gasteiger partial charge in [0.2, 0.25) is 11.8 Å². The van der Waals surface area contributed by atoms with E-state index in [4.69, 9.17) is 16.3 Å². The van der Waals surface area contributed by atoms with Crippen LogP contribution in [0.4, 0.5) is 0 Å². The summed E-state index contributed by atoms with van der Waals surface area (Å²) in [4.78, 5) is 27.0. The molecule has 0 saturated carbocycles. The molecule has 0 bridgehead atoms. The van der Waals surface area contributed by atoms with Gasteiger partial charge in [-0.25, -0.2) is 0 Å². The van der Waals surface area contributed by atoms with Gasteiger partial charge >= 0.3 is 0 Å². The van der Waals surface area contributed by atoms with Crippen molar-refractivity contribution in [1.29, 1.82) is 0 Å². The number of carbonyl (C=O) groups excluding carboxylic acids is 2. The molecule has 1 N–H and O–H groups in total. The van der Waals surface area contributed by atoms with Crippen molar-refractivity contribution in [2.24, 2.45) is 0 Å². The van der Waals surface area contributed by atoms with E-state index in [0.717, 1.165) is 16.9 Å². The molecule has 0 aliphatic carbocycles. The Balaban J connectivity index is 2.08. The molecule has 0 heterocycles. The van der Waals surface area contributed by atoms with Crippen molar-refractivity contribution in [2.75, 3.05) is 19.9 Å². The van der Waals surface area contributed by atoms with Crippen LogP contribution >= 0.6 is 23.4 Å². The quantitative estimate of drug-likeness (QED) is 0.610. The van der Waals surface area contributed by atoms with E-state index >= 15 is 0 Å². The van der Waals surface area contributed by atoms with Crippen LogP contribution in [-0.2, 0) is 21.9 Å². The van der Waals surface area contributed by atoms with Crippen molar-refractivity contribution in [3.8, 4) is 5.75 Å². The Morgan fingerprint density at radius 2 is 1.86 bits per heavy atom. The van der Waals surface area contributed by atoms with Crippen LogP contribution in [0, 0.1) is 0 Å². The normalized spacial score (nSPS) is 11.6. The van der Waals surface area contributed by atoms with Gasteiger partial charge in [-0.1, -0.05) is 48.9 Å². The molecule has 1 atom stereocenters. The zero-order valence-electron chi connectivity index (χ0n) is 17.0. The number of halogens is 1. The standard InChI is InChI=1S/C22H27ClN2O3S/c1-4-20(22(27)24-2)25(13-17-7-5-6-8-19(17)23)21(26)15-29-14-16-9-11-18(28-3)12-10-16/h5-12,20H,4,13-15H2,1-3H3,(H,24,27)/t20-/m1/s1. The van der Waals surface area contributed by atoms with Gasteiger partial charge in [-0.3, -0.25) is 9.59 Å². The highest BCUT2D eigenvalue weighted by Gasteiger charge is 2.28. The number of carbonyl (C=O) groups is 2. The largest absolute Gasteiger partial charge is 0.497 e. The smallest absolute Gasteiger partial charge is 0.242 e. The van der Waals surface area contributed by atoms with Gasteiger partial charge in [0.1, 0.15) is 11.8 Å². The van der Waals surface area contributed by atoms with Gasteiger partial charge in [-0.05, 0) is 35.7 Å². The average molecular weight is 435 g/mol. The number of methoxy groups -OCH3 is 1. The predicted molar refractivity (Wildman–Crippen MR) is 119 cm³/mol. The monoisotopic (exact) mass is 434 g/mol. The highest BCUT2D eigenvalue weighted by Crippen LogP contribution is 2.22. The second-order valence-corrected chi connectivity index (χ2v) is 7.89. The summed E-state index contributed by atoms with van der Waals surface area (Å²) in [5.74, 6) is 1.53. The van der Waals surface area contributed by atoms with E-state index < -0.39 is 6.04 Å². The third kappa shape index (κ3) is 6.68. The number of benzene rings is 2. The maximum absolute atomic E-state index is 13.0. The fourth-order valence-corrected chi connectivity index (χ4v) is 4.02. The molecule has 0 aliphatic heterocycles. The number of amides is 2. The van der Waals surface area contributed by atoms with Crippen LogP contribution in [0.5, 0.6) is 5.75 Å². The zero-order valence-corrected chi connectivity index (χ0v) is 18.6. The first kappa shape index (κ1) is 23.1. The zero-order chi connectivity index (χ0) is 21.2. The Morgan fingerprint density at radius 1 is 1.17 bits per heavy atom. The van der Waals surface area contributed by atoms with Crippen molar-refractivity contribution in [2.45, 2.75) is 31.7 Å². The number of nitrogens with zero attached hydrogens (tertiary/aromatic N) is 1. The Hall–Kier alpha value is -2.18. The fraction of sp³-hybridized carbons (Fsp3) is 0.364. The summed E-state index contributed by atoms with van der Waals surface area (Å²) in [6.07, 6.45) is 0.527. The third-order valence-corrected chi connectivity index (χ3v) is 5.94. The van der Waals surface area contributed by atoms with Gasteiger partial charge in [-0.15, -0.1) is 11.8 Å². The number of thioether (sulfide) groups is 1. The Labute approximate surface area is 181 Å². The summed E-state index contributed by atoms with van der Waals surface area (Å²) in [6.45, 7) is 2.20. The van der Waals surface area contributed by atoms with Crippen molar-refractivity contribution in [1.82, 2.24) is 10.2 Å². The molecular weight excluding hydrogens is 408 g/mol. The first-order valence-electron chi connectivity index (χ1n) is 9.45. The molecular formula is C22H27ClN2O3S. The van der Waals surface area contributed by atoms with Crippen LogP contribution in [0.1, 0.15) is 24.5 Å². The predicted octanol–water partition coefficient (Wildman–Crippen LogP) is 4.14. The summed E-state index contributed by atoms with van der Waals surface area (Å²) in [5.41, 5.74) is 1.93. The molecule has 0 unspecified atom stereocenters. The number of rotatable bonds is 10. The van der Waals surface area contributed by atoms with Crippen LogP contribution < -0.4 is 10.1 Å². The molecule has 2 aromatic carbocycles. The van der Waals surface area contributed by atoms with E-state index in [0.29, 0.717) is 23.7 Å². The number of hydrogen-bond donors (Lipinski definition) is 1. The van der Waals surface area contributed by atoms with Gasteiger partial charge in [0.05, 0.1) is 12.9 Å². The maximum Gasteiger partial charge on any atom is 0.242 e. The summed E-state index contributed by atoms with van der Waals surface area (Å²) in [7, 11) is 3.22. The summed E-state index contributed by atoms with van der Waals surface area (Å²) >= 11 is 7.81. The number of hydrogen-bond acceptors (Lipinski definition) is 4. The lowest BCUT2D eigenvalue weighted by Gasteiger charge is -2.30. The lowest BCUT2D eigenvalue weighted by Crippen LogP contribution is -2.48. The highest BCUT2D eigenvalue weighted by atomic mass is 35.5. The molecule has 2 amide bonds. The van der Waals surface area contributed by atoms with Crippen molar-refractivity contribution < 1.29 is 14.3 Å². The highest BCUT2D eigenvalue weighted by molar-refractivity contribution is 7.99. The number of nitrogens with one attached hydrogen (secondary N) is 1. The molecule has 0 aliphatic rings. The van der Waals surface area contributed by atoms with Gasteiger partial charge < -0.3 is 15.0 Å². The van der Waals surface area contributed by atoms with E-state index in [-0.39, 0.29) is 17.6 Å². The van der Waals surface area contributed by atoms with Crippen LogP contribution in [0.2, 0.25) is 5.02 Å².